The van der Waals surface area contributed by atoms with Gasteiger partial charge in [0.15, 0.2) is 0 Å². The lowest BCUT2D eigenvalue weighted by Crippen LogP contribution is -2.18. The van der Waals surface area contributed by atoms with Gasteiger partial charge in [0, 0.05) is 23.7 Å². The molecule has 0 radical (unpaired) electrons. The average molecular weight is 438 g/mol. The van der Waals surface area contributed by atoms with E-state index >= 15 is 0 Å². The van der Waals surface area contributed by atoms with E-state index in [1.165, 1.54) is 0 Å². The van der Waals surface area contributed by atoms with Crippen molar-refractivity contribution in [1.29, 1.82) is 0 Å². The van der Waals surface area contributed by atoms with E-state index in [2.05, 4.69) is 35.4 Å². The molecule has 0 aliphatic heterocycles. The Hall–Kier alpha value is -4.30. The van der Waals surface area contributed by atoms with Gasteiger partial charge in [-0.2, -0.15) is 5.10 Å². The lowest BCUT2D eigenvalue weighted by atomic mass is 10.0. The van der Waals surface area contributed by atoms with Gasteiger partial charge in [0.25, 0.3) is 5.91 Å². The Morgan fingerprint density at radius 3 is 2.58 bits per heavy atom. The number of aromatic nitrogens is 5. The summed E-state index contributed by atoms with van der Waals surface area (Å²) in [5.41, 5.74) is 9.88. The first-order valence-electron chi connectivity index (χ1n) is 10.5. The summed E-state index contributed by atoms with van der Waals surface area (Å²) in [6, 6.07) is 23.4. The van der Waals surface area contributed by atoms with E-state index < -0.39 is 5.91 Å². The van der Waals surface area contributed by atoms with Crippen LogP contribution in [0.4, 0.5) is 0 Å². The van der Waals surface area contributed by atoms with Gasteiger partial charge in [-0.25, -0.2) is 10.2 Å². The number of hydroxylamine groups is 1. The van der Waals surface area contributed by atoms with Gasteiger partial charge in [-0.05, 0) is 48.4 Å². The van der Waals surface area contributed by atoms with Gasteiger partial charge < -0.3 is 0 Å². The second-order valence-corrected chi connectivity index (χ2v) is 7.94. The Labute approximate surface area is 190 Å². The monoisotopic (exact) mass is 438 g/mol. The van der Waals surface area contributed by atoms with Crippen LogP contribution in [-0.4, -0.2) is 35.9 Å². The molecule has 0 spiro atoms. The lowest BCUT2D eigenvalue weighted by molar-refractivity contribution is 0.0706. The van der Waals surface area contributed by atoms with Crippen LogP contribution in [0.1, 0.15) is 21.5 Å². The molecule has 164 valence electrons. The molecule has 2 aromatic heterocycles. The van der Waals surface area contributed by atoms with Gasteiger partial charge in [0.05, 0.1) is 23.4 Å². The van der Waals surface area contributed by atoms with E-state index in [9.17, 15) is 4.79 Å². The zero-order valence-electron chi connectivity index (χ0n) is 18.2. The van der Waals surface area contributed by atoms with Crippen LogP contribution in [0.15, 0.2) is 72.8 Å². The number of amides is 1. The molecule has 33 heavy (non-hydrogen) atoms. The maximum absolute atomic E-state index is 11.6. The largest absolute Gasteiger partial charge is 0.288 e. The smallest absolute Gasteiger partial charge is 0.274 e. The fourth-order valence-electron chi connectivity index (χ4n) is 3.95. The maximum atomic E-state index is 11.6. The summed E-state index contributed by atoms with van der Waals surface area (Å²) in [4.78, 5) is 11.6. The molecular formula is C25H22N6O2. The summed E-state index contributed by atoms with van der Waals surface area (Å²) in [6.45, 7) is 2.61. The normalized spacial score (nSPS) is 11.1. The molecule has 0 unspecified atom stereocenters. The van der Waals surface area contributed by atoms with E-state index in [4.69, 9.17) is 10.3 Å². The number of aryl methyl sites for hydroxylation is 2. The van der Waals surface area contributed by atoms with Crippen molar-refractivity contribution >= 4 is 16.9 Å². The third-order valence-electron chi connectivity index (χ3n) is 5.76. The molecule has 5 rings (SSSR count). The summed E-state index contributed by atoms with van der Waals surface area (Å²) >= 11 is 0. The quantitative estimate of drug-likeness (QED) is 0.320. The fraction of sp³-hybridized carbons (Fsp3) is 0.120. The molecule has 3 aromatic carbocycles. The molecule has 2 N–H and O–H groups in total. The molecule has 0 fully saturated rings. The molecule has 8 nitrogen and oxygen atoms in total. The highest BCUT2D eigenvalue weighted by Gasteiger charge is 2.15. The number of carbonyl (C=O) groups excluding carboxylic acids is 1. The summed E-state index contributed by atoms with van der Waals surface area (Å²) in [5, 5.41) is 22.1. The zero-order chi connectivity index (χ0) is 22.9. The highest BCUT2D eigenvalue weighted by Crippen LogP contribution is 2.30. The molecular weight excluding hydrogens is 416 g/mol. The van der Waals surface area contributed by atoms with Crippen molar-refractivity contribution in [3.05, 3.63) is 89.5 Å². The van der Waals surface area contributed by atoms with Gasteiger partial charge in [-0.1, -0.05) is 47.7 Å². The minimum absolute atomic E-state index is 0.388. The second kappa shape index (κ2) is 8.33. The molecule has 0 bridgehead atoms. The first kappa shape index (κ1) is 20.6. The molecule has 8 heteroatoms. The van der Waals surface area contributed by atoms with Crippen LogP contribution in [-0.2, 0) is 13.6 Å². The number of hydrogen-bond donors (Lipinski definition) is 2. The lowest BCUT2D eigenvalue weighted by Gasteiger charge is -2.10. The first-order chi connectivity index (χ1) is 16.0. The van der Waals surface area contributed by atoms with Crippen molar-refractivity contribution in [2.75, 3.05) is 0 Å². The molecule has 0 saturated heterocycles. The molecule has 1 amide bonds. The molecule has 0 aliphatic carbocycles. The van der Waals surface area contributed by atoms with E-state index in [1.807, 2.05) is 54.2 Å². The van der Waals surface area contributed by atoms with E-state index in [0.717, 1.165) is 44.7 Å². The van der Waals surface area contributed by atoms with Crippen molar-refractivity contribution in [1.82, 2.24) is 30.3 Å². The summed E-state index contributed by atoms with van der Waals surface area (Å²) in [7, 11) is 1.87. The highest BCUT2D eigenvalue weighted by molar-refractivity contribution is 5.93. The number of nitrogens with zero attached hydrogens (tertiary/aromatic N) is 5. The van der Waals surface area contributed by atoms with Crippen LogP contribution < -0.4 is 5.48 Å². The number of benzene rings is 3. The maximum Gasteiger partial charge on any atom is 0.274 e. The predicted octanol–water partition coefficient (Wildman–Crippen LogP) is 3.97. The van der Waals surface area contributed by atoms with Gasteiger partial charge >= 0.3 is 0 Å². The summed E-state index contributed by atoms with van der Waals surface area (Å²) in [5.74, 6) is -0.539. The Morgan fingerprint density at radius 1 is 1.03 bits per heavy atom. The Bertz CT molecular complexity index is 1470. The van der Waals surface area contributed by atoms with Crippen molar-refractivity contribution in [2.24, 2.45) is 7.05 Å². The summed E-state index contributed by atoms with van der Waals surface area (Å²) < 4.78 is 3.72. The van der Waals surface area contributed by atoms with E-state index in [-0.39, 0.29) is 0 Å². The van der Waals surface area contributed by atoms with E-state index in [1.54, 1.807) is 22.3 Å². The topological polar surface area (TPSA) is 97.9 Å². The van der Waals surface area contributed by atoms with Crippen LogP contribution in [0.3, 0.4) is 0 Å². The Morgan fingerprint density at radius 2 is 1.82 bits per heavy atom. The summed E-state index contributed by atoms with van der Waals surface area (Å²) in [6.07, 6.45) is 0. The van der Waals surface area contributed by atoms with Crippen molar-refractivity contribution in [3.63, 3.8) is 0 Å². The fourth-order valence-corrected chi connectivity index (χ4v) is 3.95. The van der Waals surface area contributed by atoms with Crippen molar-refractivity contribution in [2.45, 2.75) is 13.5 Å². The van der Waals surface area contributed by atoms with Crippen LogP contribution in [0, 0.1) is 6.92 Å². The standard InChI is InChI=1S/C25H22N6O2/c1-16-5-3-4-6-20(16)24-14-21(19-11-12-23-22(13-19)26-29-30(23)2)27-31(24)15-17-7-9-18(10-8-17)25(32)28-33/h3-14,33H,15H2,1-2H3,(H,28,32). The van der Waals surface area contributed by atoms with Gasteiger partial charge in [0.1, 0.15) is 5.52 Å². The van der Waals surface area contributed by atoms with Crippen LogP contribution in [0.25, 0.3) is 33.5 Å². The second-order valence-electron chi connectivity index (χ2n) is 7.94. The number of hydrogen-bond acceptors (Lipinski definition) is 5. The third-order valence-corrected chi connectivity index (χ3v) is 5.76. The minimum Gasteiger partial charge on any atom is -0.288 e. The van der Waals surface area contributed by atoms with Crippen LogP contribution in [0.2, 0.25) is 0 Å². The number of rotatable bonds is 5. The van der Waals surface area contributed by atoms with Gasteiger partial charge in [0.2, 0.25) is 0 Å². The Balaban J connectivity index is 1.57. The minimum atomic E-state index is -0.539. The van der Waals surface area contributed by atoms with Crippen LogP contribution in [0.5, 0.6) is 0 Å². The number of carbonyl (C=O) groups is 1. The van der Waals surface area contributed by atoms with Gasteiger partial charge in [-0.3, -0.25) is 14.7 Å². The molecule has 0 atom stereocenters. The number of fused-ring (bicyclic) bond motifs is 1. The molecule has 2 heterocycles. The highest BCUT2D eigenvalue weighted by atomic mass is 16.5. The van der Waals surface area contributed by atoms with Crippen molar-refractivity contribution < 1.29 is 10.0 Å². The Kier molecular flexibility index (Phi) is 5.20. The first-order valence-corrected chi connectivity index (χ1v) is 10.5. The predicted molar refractivity (Wildman–Crippen MR) is 125 cm³/mol. The third kappa shape index (κ3) is 3.88. The van der Waals surface area contributed by atoms with Crippen molar-refractivity contribution in [3.8, 4) is 22.5 Å². The average Bonchev–Trinajstić information content (AvgIpc) is 3.42. The van der Waals surface area contributed by atoms with E-state index in [0.29, 0.717) is 12.1 Å². The number of nitrogens with one attached hydrogen (secondary N) is 1. The molecule has 0 aliphatic rings. The molecule has 0 saturated carbocycles. The SMILES string of the molecule is Cc1ccccc1-c1cc(-c2ccc3c(c2)nnn3C)nn1Cc1ccc(C(=O)NO)cc1. The molecule has 5 aromatic rings. The van der Waals surface area contributed by atoms with Crippen LogP contribution >= 0.6 is 0 Å². The zero-order valence-corrected chi connectivity index (χ0v) is 18.2. The van der Waals surface area contributed by atoms with Gasteiger partial charge in [-0.15, -0.1) is 5.10 Å².